The molecule has 27 heavy (non-hydrogen) atoms. The molecule has 144 valence electrons. The van der Waals surface area contributed by atoms with E-state index in [1.54, 1.807) is 7.11 Å². The quantitative estimate of drug-likeness (QED) is 0.437. The maximum absolute atomic E-state index is 13.5. The largest absolute Gasteiger partial charge is 0.383 e. The second kappa shape index (κ2) is 9.32. The fraction of sp³-hybridized carbons (Fsp3) is 0.480. The van der Waals surface area contributed by atoms with Gasteiger partial charge in [-0.15, -0.1) is 0 Å². The standard InChI is InChI=1S/C25H32O2/c1-3-4-5-6-7-8-9-18-24(26)25(19-27-2)22-16-12-10-14-20(22)21-15-11-13-17-23(21)25/h10-17H,3-9,18-19H2,1-2H3. The van der Waals surface area contributed by atoms with E-state index >= 15 is 0 Å². The third-order valence-corrected chi connectivity index (χ3v) is 5.91. The summed E-state index contributed by atoms with van der Waals surface area (Å²) in [5.41, 5.74) is 3.93. The van der Waals surface area contributed by atoms with Crippen molar-refractivity contribution in [3.8, 4) is 11.1 Å². The van der Waals surface area contributed by atoms with Crippen LogP contribution in [0.3, 0.4) is 0 Å². The third kappa shape index (κ3) is 3.87. The summed E-state index contributed by atoms with van der Waals surface area (Å²) >= 11 is 0. The normalized spacial score (nSPS) is 14.0. The van der Waals surface area contributed by atoms with E-state index in [-0.39, 0.29) is 0 Å². The molecule has 0 amide bonds. The number of benzene rings is 2. The number of unbranched alkanes of at least 4 members (excludes halogenated alkanes) is 6. The second-order valence-corrected chi connectivity index (χ2v) is 7.72. The van der Waals surface area contributed by atoms with Crippen LogP contribution < -0.4 is 0 Å². The summed E-state index contributed by atoms with van der Waals surface area (Å²) in [5, 5.41) is 0. The zero-order valence-corrected chi connectivity index (χ0v) is 16.8. The molecule has 0 saturated carbocycles. The second-order valence-electron chi connectivity index (χ2n) is 7.72. The monoisotopic (exact) mass is 364 g/mol. The Balaban J connectivity index is 1.78. The number of hydrogen-bond donors (Lipinski definition) is 0. The summed E-state index contributed by atoms with van der Waals surface area (Å²) < 4.78 is 5.61. The minimum absolute atomic E-state index is 0.301. The summed E-state index contributed by atoms with van der Waals surface area (Å²) in [6.45, 7) is 2.65. The van der Waals surface area contributed by atoms with Crippen molar-refractivity contribution in [2.24, 2.45) is 0 Å². The van der Waals surface area contributed by atoms with Gasteiger partial charge in [-0.05, 0) is 28.7 Å². The topological polar surface area (TPSA) is 26.3 Å². The lowest BCUT2D eigenvalue weighted by Crippen LogP contribution is -2.39. The van der Waals surface area contributed by atoms with Crippen LogP contribution in [0.4, 0.5) is 0 Å². The highest BCUT2D eigenvalue weighted by Crippen LogP contribution is 2.50. The summed E-state index contributed by atoms with van der Waals surface area (Å²) in [6, 6.07) is 16.7. The Morgan fingerprint density at radius 1 is 0.815 bits per heavy atom. The fourth-order valence-electron chi connectivity index (χ4n) is 4.53. The van der Waals surface area contributed by atoms with Gasteiger partial charge in [-0.3, -0.25) is 4.79 Å². The summed E-state index contributed by atoms with van der Waals surface area (Å²) in [7, 11) is 1.70. The first-order chi connectivity index (χ1) is 13.3. The van der Waals surface area contributed by atoms with E-state index < -0.39 is 5.41 Å². The van der Waals surface area contributed by atoms with Crippen LogP contribution in [0.25, 0.3) is 11.1 Å². The van der Waals surface area contributed by atoms with E-state index in [0.29, 0.717) is 18.8 Å². The van der Waals surface area contributed by atoms with E-state index in [2.05, 4.69) is 43.3 Å². The molecule has 0 spiro atoms. The Kier molecular flexibility index (Phi) is 6.84. The average molecular weight is 365 g/mol. The average Bonchev–Trinajstić information content (AvgIpc) is 2.99. The summed E-state index contributed by atoms with van der Waals surface area (Å²) in [4.78, 5) is 13.5. The van der Waals surface area contributed by atoms with E-state index in [1.165, 1.54) is 43.2 Å². The van der Waals surface area contributed by atoms with Crippen LogP contribution in [0.2, 0.25) is 0 Å². The zero-order chi connectivity index (χ0) is 19.1. The lowest BCUT2D eigenvalue weighted by Gasteiger charge is -2.30. The maximum Gasteiger partial charge on any atom is 0.150 e. The van der Waals surface area contributed by atoms with Gasteiger partial charge in [0.25, 0.3) is 0 Å². The summed E-state index contributed by atoms with van der Waals surface area (Å²) in [5.74, 6) is 0.301. The van der Waals surface area contributed by atoms with Crippen molar-refractivity contribution in [3.63, 3.8) is 0 Å². The zero-order valence-electron chi connectivity index (χ0n) is 16.8. The van der Waals surface area contributed by atoms with Gasteiger partial charge in [0, 0.05) is 13.5 Å². The number of ketones is 1. The van der Waals surface area contributed by atoms with Crippen LogP contribution in [-0.2, 0) is 14.9 Å². The molecule has 0 bridgehead atoms. The lowest BCUT2D eigenvalue weighted by atomic mass is 9.73. The third-order valence-electron chi connectivity index (χ3n) is 5.91. The van der Waals surface area contributed by atoms with Crippen LogP contribution in [0.1, 0.15) is 69.4 Å². The van der Waals surface area contributed by atoms with E-state index in [1.807, 2.05) is 12.1 Å². The molecule has 2 aromatic rings. The predicted octanol–water partition coefficient (Wildman–Crippen LogP) is 6.31. The highest BCUT2D eigenvalue weighted by Gasteiger charge is 2.48. The molecule has 0 fully saturated rings. The number of methoxy groups -OCH3 is 1. The molecule has 0 radical (unpaired) electrons. The van der Waals surface area contributed by atoms with E-state index in [0.717, 1.165) is 24.0 Å². The molecule has 0 aliphatic heterocycles. The Morgan fingerprint density at radius 2 is 1.33 bits per heavy atom. The molecular formula is C25H32O2. The Labute approximate surface area is 164 Å². The first-order valence-electron chi connectivity index (χ1n) is 10.5. The van der Waals surface area contributed by atoms with Gasteiger partial charge < -0.3 is 4.74 Å². The van der Waals surface area contributed by atoms with Crippen molar-refractivity contribution in [2.75, 3.05) is 13.7 Å². The molecule has 0 N–H and O–H groups in total. The molecule has 3 rings (SSSR count). The van der Waals surface area contributed by atoms with Gasteiger partial charge in [0.15, 0.2) is 0 Å². The number of hydrogen-bond acceptors (Lipinski definition) is 2. The maximum atomic E-state index is 13.5. The van der Waals surface area contributed by atoms with Crippen molar-refractivity contribution in [3.05, 3.63) is 59.7 Å². The molecule has 0 atom stereocenters. The van der Waals surface area contributed by atoms with Crippen LogP contribution in [0.15, 0.2) is 48.5 Å². The Morgan fingerprint density at radius 3 is 1.89 bits per heavy atom. The molecule has 0 saturated heterocycles. The van der Waals surface area contributed by atoms with Crippen LogP contribution in [0, 0.1) is 0 Å². The van der Waals surface area contributed by atoms with Crippen LogP contribution >= 0.6 is 0 Å². The molecule has 0 aromatic heterocycles. The summed E-state index contributed by atoms with van der Waals surface area (Å²) in [6.07, 6.45) is 9.18. The first kappa shape index (κ1) is 19.8. The van der Waals surface area contributed by atoms with Crippen molar-refractivity contribution < 1.29 is 9.53 Å². The number of Topliss-reactive ketones (excluding diaryl/α,β-unsaturated/α-hetero) is 1. The predicted molar refractivity (Wildman–Crippen MR) is 112 cm³/mol. The van der Waals surface area contributed by atoms with Gasteiger partial charge >= 0.3 is 0 Å². The number of ether oxygens (including phenoxy) is 1. The Hall–Kier alpha value is -1.93. The van der Waals surface area contributed by atoms with E-state index in [9.17, 15) is 4.79 Å². The van der Waals surface area contributed by atoms with E-state index in [4.69, 9.17) is 4.74 Å². The minimum atomic E-state index is -0.649. The molecule has 2 heteroatoms. The number of fused-ring (bicyclic) bond motifs is 3. The van der Waals surface area contributed by atoms with Gasteiger partial charge in [0.1, 0.15) is 11.2 Å². The van der Waals surface area contributed by atoms with Crippen LogP contribution in [0.5, 0.6) is 0 Å². The van der Waals surface area contributed by atoms with Crippen molar-refractivity contribution in [2.45, 2.75) is 63.7 Å². The first-order valence-corrected chi connectivity index (χ1v) is 10.5. The van der Waals surface area contributed by atoms with Gasteiger partial charge in [-0.1, -0.05) is 94.0 Å². The number of carbonyl (C=O) groups is 1. The molecule has 1 aliphatic rings. The SMILES string of the molecule is CCCCCCCCCC(=O)C1(COC)c2ccccc2-c2ccccc21. The number of carbonyl (C=O) groups excluding carboxylic acids is 1. The number of rotatable bonds is 11. The highest BCUT2D eigenvalue weighted by atomic mass is 16.5. The van der Waals surface area contributed by atoms with Crippen LogP contribution in [-0.4, -0.2) is 19.5 Å². The highest BCUT2D eigenvalue weighted by molar-refractivity contribution is 6.01. The van der Waals surface area contributed by atoms with Gasteiger partial charge in [-0.25, -0.2) is 0 Å². The smallest absolute Gasteiger partial charge is 0.150 e. The fourth-order valence-corrected chi connectivity index (χ4v) is 4.53. The van der Waals surface area contributed by atoms with Crippen molar-refractivity contribution in [1.82, 2.24) is 0 Å². The van der Waals surface area contributed by atoms with Gasteiger partial charge in [0.2, 0.25) is 0 Å². The van der Waals surface area contributed by atoms with Crippen molar-refractivity contribution >= 4 is 5.78 Å². The molecule has 2 nitrogen and oxygen atoms in total. The minimum Gasteiger partial charge on any atom is -0.383 e. The molecule has 0 heterocycles. The van der Waals surface area contributed by atoms with Crippen molar-refractivity contribution in [1.29, 1.82) is 0 Å². The lowest BCUT2D eigenvalue weighted by molar-refractivity contribution is -0.124. The molecule has 1 aliphatic carbocycles. The van der Waals surface area contributed by atoms with Gasteiger partial charge in [0.05, 0.1) is 6.61 Å². The Bertz CT molecular complexity index is 717. The molecular weight excluding hydrogens is 332 g/mol. The molecule has 0 unspecified atom stereocenters. The van der Waals surface area contributed by atoms with Gasteiger partial charge in [-0.2, -0.15) is 0 Å². The molecule has 2 aromatic carbocycles.